The molecule has 8 heteroatoms. The van der Waals surface area contributed by atoms with E-state index in [1.54, 1.807) is 0 Å². The number of rotatable bonds is 12. The molecule has 0 saturated heterocycles. The third kappa shape index (κ3) is 11.1. The number of nitrogens with zero attached hydrogens (tertiary/aromatic N) is 2. The average Bonchev–Trinajstić information content (AvgIpc) is 2.75. The van der Waals surface area contributed by atoms with Crippen LogP contribution in [0.2, 0.25) is 0 Å². The Morgan fingerprint density at radius 1 is 1.09 bits per heavy atom. The normalized spacial score (nSPS) is 12.3. The van der Waals surface area contributed by atoms with Crippen molar-refractivity contribution in [2.75, 3.05) is 40.3 Å². The number of aliphatic hydroxyl groups excluding tert-OH is 1. The first-order valence-corrected chi connectivity index (χ1v) is 11.2. The minimum absolute atomic E-state index is 0. The lowest BCUT2D eigenvalue weighted by molar-refractivity contribution is 0.179. The van der Waals surface area contributed by atoms with Crippen molar-refractivity contribution in [3.05, 3.63) is 59.7 Å². The molecule has 7 nitrogen and oxygen atoms in total. The van der Waals surface area contributed by atoms with Crippen LogP contribution >= 0.6 is 24.0 Å². The molecule has 0 bridgehead atoms. The average molecular weight is 571 g/mol. The Balaban J connectivity index is 0.00000544. The quantitative estimate of drug-likeness (QED) is 0.205. The van der Waals surface area contributed by atoms with E-state index in [-0.39, 0.29) is 30.1 Å². The third-order valence-electron chi connectivity index (χ3n) is 4.60. The lowest BCUT2D eigenvalue weighted by Gasteiger charge is -2.17. The van der Waals surface area contributed by atoms with E-state index in [1.165, 1.54) is 0 Å². The molecule has 184 valence electrons. The van der Waals surface area contributed by atoms with Crippen molar-refractivity contribution in [2.45, 2.75) is 39.5 Å². The summed E-state index contributed by atoms with van der Waals surface area (Å²) in [5.41, 5.74) is 1.81. The van der Waals surface area contributed by atoms with Crippen LogP contribution in [0.15, 0.2) is 53.5 Å². The Kier molecular flexibility index (Phi) is 13.8. The zero-order valence-corrected chi connectivity index (χ0v) is 22.7. The largest absolute Gasteiger partial charge is 0.492 e. The summed E-state index contributed by atoms with van der Waals surface area (Å²) in [5, 5.41) is 17.1. The Hall–Kier alpha value is -2.04. The second kappa shape index (κ2) is 15.7. The maximum atomic E-state index is 10.6. The number of guanidine groups is 1. The van der Waals surface area contributed by atoms with Crippen LogP contribution < -0.4 is 20.1 Å². The molecule has 0 amide bonds. The minimum Gasteiger partial charge on any atom is -0.492 e. The monoisotopic (exact) mass is 570 g/mol. The highest BCUT2D eigenvalue weighted by Gasteiger charge is 2.11. The van der Waals surface area contributed by atoms with Crippen molar-refractivity contribution in [1.82, 2.24) is 15.5 Å². The van der Waals surface area contributed by atoms with Gasteiger partial charge in [-0.05, 0) is 58.6 Å². The number of para-hydroxylation sites is 1. The Bertz CT molecular complexity index is 846. The van der Waals surface area contributed by atoms with Gasteiger partial charge in [0.1, 0.15) is 18.1 Å². The minimum atomic E-state index is -0.684. The summed E-state index contributed by atoms with van der Waals surface area (Å²) in [6.07, 6.45) is -0.598. The molecule has 1 unspecified atom stereocenters. The van der Waals surface area contributed by atoms with Gasteiger partial charge in [-0.1, -0.05) is 30.3 Å². The molecule has 2 aromatic carbocycles. The number of nitrogens with one attached hydrogen (secondary N) is 2. The summed E-state index contributed by atoms with van der Waals surface area (Å²) in [6, 6.07) is 15.5. The van der Waals surface area contributed by atoms with Crippen molar-refractivity contribution in [2.24, 2.45) is 4.99 Å². The van der Waals surface area contributed by atoms with E-state index >= 15 is 0 Å². The van der Waals surface area contributed by atoms with E-state index in [0.29, 0.717) is 25.7 Å². The van der Waals surface area contributed by atoms with Gasteiger partial charge in [-0.25, -0.2) is 4.99 Å². The number of hydrogen-bond acceptors (Lipinski definition) is 5. The second-order valence-corrected chi connectivity index (χ2v) is 8.09. The van der Waals surface area contributed by atoms with Gasteiger partial charge < -0.3 is 30.1 Å². The number of hydrogen-bond donors (Lipinski definition) is 3. The molecule has 0 saturated carbocycles. The fourth-order valence-corrected chi connectivity index (χ4v) is 3.00. The first-order valence-electron chi connectivity index (χ1n) is 11.2. The second-order valence-electron chi connectivity index (χ2n) is 8.09. The molecule has 3 N–H and O–H groups in total. The highest BCUT2D eigenvalue weighted by Crippen LogP contribution is 2.20. The molecule has 0 fully saturated rings. The molecule has 0 heterocycles. The highest BCUT2D eigenvalue weighted by atomic mass is 127. The third-order valence-corrected chi connectivity index (χ3v) is 4.60. The van der Waals surface area contributed by atoms with E-state index in [2.05, 4.69) is 20.5 Å². The van der Waals surface area contributed by atoms with Crippen LogP contribution in [0.4, 0.5) is 0 Å². The van der Waals surface area contributed by atoms with Gasteiger partial charge >= 0.3 is 0 Å². The van der Waals surface area contributed by atoms with Crippen molar-refractivity contribution in [3.8, 4) is 11.5 Å². The number of halogens is 1. The summed E-state index contributed by atoms with van der Waals surface area (Å²) < 4.78 is 11.7. The maximum absolute atomic E-state index is 10.6. The molecule has 2 rings (SSSR count). The zero-order chi connectivity index (χ0) is 23.3. The highest BCUT2D eigenvalue weighted by molar-refractivity contribution is 14.0. The van der Waals surface area contributed by atoms with Gasteiger partial charge in [0.05, 0.1) is 18.8 Å². The smallest absolute Gasteiger partial charge is 0.191 e. The number of benzene rings is 2. The standard InChI is InChI=1S/C25H38N4O3.HI/c1-6-26-25(27-17-21-10-7-8-13-24(21)31-15-14-29(4)5)28-18-23(30)20-11-9-12-22(16-20)32-19(2)3;/h7-13,16,19,23,30H,6,14-15,17-18H2,1-5H3,(H2,26,27,28);1H. The van der Waals surface area contributed by atoms with E-state index in [1.807, 2.05) is 83.4 Å². The molecule has 0 aliphatic carbocycles. The topological polar surface area (TPSA) is 78.4 Å². The van der Waals surface area contributed by atoms with E-state index < -0.39 is 6.10 Å². The summed E-state index contributed by atoms with van der Waals surface area (Å²) in [6.45, 7) is 8.98. The molecule has 0 spiro atoms. The van der Waals surface area contributed by atoms with Gasteiger partial charge in [0, 0.05) is 25.2 Å². The van der Waals surface area contributed by atoms with Gasteiger partial charge in [-0.3, -0.25) is 0 Å². The molecule has 0 aromatic heterocycles. The van der Waals surface area contributed by atoms with Crippen LogP contribution in [0.1, 0.15) is 38.0 Å². The van der Waals surface area contributed by atoms with Crippen LogP contribution in [0.5, 0.6) is 11.5 Å². The summed E-state index contributed by atoms with van der Waals surface area (Å²) in [7, 11) is 4.05. The predicted octanol–water partition coefficient (Wildman–Crippen LogP) is 3.82. The van der Waals surface area contributed by atoms with E-state index in [4.69, 9.17) is 9.47 Å². The summed E-state index contributed by atoms with van der Waals surface area (Å²) in [5.74, 6) is 2.24. The van der Waals surface area contributed by atoms with Crippen LogP contribution in [0.25, 0.3) is 0 Å². The number of likely N-dealkylation sites (N-methyl/N-ethyl adjacent to an activating group) is 1. The van der Waals surface area contributed by atoms with Crippen molar-refractivity contribution in [3.63, 3.8) is 0 Å². The molecule has 0 aliphatic heterocycles. The summed E-state index contributed by atoms with van der Waals surface area (Å²) >= 11 is 0. The van der Waals surface area contributed by atoms with E-state index in [0.717, 1.165) is 35.7 Å². The van der Waals surface area contributed by atoms with Gasteiger partial charge in [-0.2, -0.15) is 0 Å². The molecule has 33 heavy (non-hydrogen) atoms. The fourth-order valence-electron chi connectivity index (χ4n) is 3.00. The van der Waals surface area contributed by atoms with Gasteiger partial charge in [0.25, 0.3) is 0 Å². The van der Waals surface area contributed by atoms with E-state index in [9.17, 15) is 5.11 Å². The van der Waals surface area contributed by atoms with Crippen molar-refractivity contribution >= 4 is 29.9 Å². The van der Waals surface area contributed by atoms with Gasteiger partial charge in [0.15, 0.2) is 5.96 Å². The Morgan fingerprint density at radius 3 is 2.55 bits per heavy atom. The Morgan fingerprint density at radius 2 is 1.85 bits per heavy atom. The maximum Gasteiger partial charge on any atom is 0.191 e. The van der Waals surface area contributed by atoms with Crippen LogP contribution in [-0.4, -0.2) is 62.4 Å². The summed E-state index contributed by atoms with van der Waals surface area (Å²) in [4.78, 5) is 6.77. The Labute approximate surface area is 215 Å². The lowest BCUT2D eigenvalue weighted by atomic mass is 10.1. The number of aliphatic hydroxyl groups is 1. The first-order chi connectivity index (χ1) is 15.4. The lowest BCUT2D eigenvalue weighted by Crippen LogP contribution is -2.39. The molecule has 0 aliphatic rings. The molecule has 2 aromatic rings. The SMILES string of the molecule is CCNC(=NCc1ccccc1OCCN(C)C)NCC(O)c1cccc(OC(C)C)c1.I. The molecular weight excluding hydrogens is 531 g/mol. The van der Waals surface area contributed by atoms with Crippen molar-refractivity contribution in [1.29, 1.82) is 0 Å². The zero-order valence-electron chi connectivity index (χ0n) is 20.4. The predicted molar refractivity (Wildman–Crippen MR) is 146 cm³/mol. The molecular formula is C25H39IN4O3. The van der Waals surface area contributed by atoms with Gasteiger partial charge in [-0.15, -0.1) is 24.0 Å². The first kappa shape index (κ1) is 29.0. The molecule has 0 radical (unpaired) electrons. The molecule has 1 atom stereocenters. The van der Waals surface area contributed by atoms with Crippen LogP contribution in [-0.2, 0) is 6.54 Å². The van der Waals surface area contributed by atoms with Gasteiger partial charge in [0.2, 0.25) is 0 Å². The van der Waals surface area contributed by atoms with Crippen LogP contribution in [0.3, 0.4) is 0 Å². The van der Waals surface area contributed by atoms with Crippen molar-refractivity contribution < 1.29 is 14.6 Å². The fraction of sp³-hybridized carbons (Fsp3) is 0.480. The number of aliphatic imine (C=N–C) groups is 1. The van der Waals surface area contributed by atoms with Crippen LogP contribution in [0, 0.1) is 0 Å². The number of ether oxygens (including phenoxy) is 2.